The molecule has 18 heavy (non-hydrogen) atoms. The zero-order chi connectivity index (χ0) is 12.7. The van der Waals surface area contributed by atoms with E-state index in [4.69, 9.17) is 4.74 Å². The van der Waals surface area contributed by atoms with Gasteiger partial charge < -0.3 is 10.1 Å². The molecule has 2 bridgehead atoms. The minimum atomic E-state index is -0.368. The zero-order valence-corrected chi connectivity index (χ0v) is 11.8. The molecule has 96 valence electrons. The second-order valence-electron chi connectivity index (χ2n) is 4.78. The summed E-state index contributed by atoms with van der Waals surface area (Å²) in [6.45, 7) is 0. The van der Waals surface area contributed by atoms with Crippen molar-refractivity contribution >= 4 is 34.0 Å². The molecule has 1 aromatic carbocycles. The van der Waals surface area contributed by atoms with Crippen molar-refractivity contribution in [3.05, 3.63) is 31.9 Å². The Morgan fingerprint density at radius 1 is 1.44 bits per heavy atom. The topological polar surface area (TPSA) is 64.4 Å². The van der Waals surface area contributed by atoms with E-state index in [0.29, 0.717) is 18.2 Å². The van der Waals surface area contributed by atoms with Crippen LogP contribution in [0.5, 0.6) is 0 Å². The van der Waals surface area contributed by atoms with E-state index in [1.54, 1.807) is 18.2 Å². The van der Waals surface area contributed by atoms with Crippen LogP contribution in [0.4, 0.5) is 11.4 Å². The van der Waals surface area contributed by atoms with Crippen LogP contribution in [-0.4, -0.2) is 23.2 Å². The molecule has 2 fully saturated rings. The molecule has 2 aliphatic heterocycles. The molecule has 0 spiro atoms. The van der Waals surface area contributed by atoms with Crippen LogP contribution < -0.4 is 5.32 Å². The van der Waals surface area contributed by atoms with Crippen molar-refractivity contribution in [2.45, 2.75) is 37.5 Å². The van der Waals surface area contributed by atoms with E-state index in [-0.39, 0.29) is 10.6 Å². The number of benzene rings is 1. The van der Waals surface area contributed by atoms with Gasteiger partial charge in [0.2, 0.25) is 0 Å². The molecule has 1 N–H and O–H groups in total. The van der Waals surface area contributed by atoms with E-state index in [2.05, 4.69) is 27.9 Å². The van der Waals surface area contributed by atoms with Crippen molar-refractivity contribution in [2.24, 2.45) is 0 Å². The summed E-state index contributed by atoms with van der Waals surface area (Å²) >= 11 is 2.13. The van der Waals surface area contributed by atoms with Gasteiger partial charge in [-0.2, -0.15) is 0 Å². The van der Waals surface area contributed by atoms with Gasteiger partial charge in [0.25, 0.3) is 5.69 Å². The number of fused-ring (bicyclic) bond motifs is 2. The molecular formula is C12H13IN2O3. The summed E-state index contributed by atoms with van der Waals surface area (Å²) in [5.74, 6) is 0. The third-order valence-electron chi connectivity index (χ3n) is 3.61. The Morgan fingerprint density at radius 2 is 2.28 bits per heavy atom. The maximum absolute atomic E-state index is 10.7. The maximum Gasteiger partial charge on any atom is 0.270 e. The Bertz CT molecular complexity index is 494. The lowest BCUT2D eigenvalue weighted by Crippen LogP contribution is -2.30. The number of nitrogens with one attached hydrogen (secondary N) is 1. The fraction of sp³-hybridized carbons (Fsp3) is 0.500. The van der Waals surface area contributed by atoms with Crippen molar-refractivity contribution in [1.29, 1.82) is 0 Å². The monoisotopic (exact) mass is 360 g/mol. The first-order valence-corrected chi connectivity index (χ1v) is 7.07. The van der Waals surface area contributed by atoms with Crippen molar-refractivity contribution in [3.63, 3.8) is 0 Å². The van der Waals surface area contributed by atoms with Crippen molar-refractivity contribution in [2.75, 3.05) is 5.32 Å². The Kier molecular flexibility index (Phi) is 3.14. The van der Waals surface area contributed by atoms with E-state index in [1.165, 1.54) is 6.42 Å². The second-order valence-corrected chi connectivity index (χ2v) is 5.94. The lowest BCUT2D eigenvalue weighted by Gasteiger charge is -2.21. The molecule has 5 nitrogen and oxygen atoms in total. The van der Waals surface area contributed by atoms with Gasteiger partial charge in [-0.15, -0.1) is 0 Å². The van der Waals surface area contributed by atoms with Crippen LogP contribution in [0, 0.1) is 13.7 Å². The van der Waals surface area contributed by atoms with E-state index < -0.39 is 0 Å². The summed E-state index contributed by atoms with van der Waals surface area (Å²) in [6.07, 6.45) is 4.04. The standard InChI is InChI=1S/C12H13IN2O3/c13-9-5-7(15(16)17)1-3-10(9)14-11-6-8-2-4-12(11)18-8/h1,3,5,8,11-12,14H,2,4,6H2. The Hall–Kier alpha value is -0.890. The van der Waals surface area contributed by atoms with Crippen LogP contribution in [0.1, 0.15) is 19.3 Å². The average Bonchev–Trinajstić information content (AvgIpc) is 2.93. The predicted octanol–water partition coefficient (Wildman–Crippen LogP) is 2.93. The highest BCUT2D eigenvalue weighted by atomic mass is 127. The molecule has 2 aliphatic rings. The quantitative estimate of drug-likeness (QED) is 0.512. The zero-order valence-electron chi connectivity index (χ0n) is 9.64. The molecule has 0 amide bonds. The summed E-state index contributed by atoms with van der Waals surface area (Å²) < 4.78 is 6.66. The third-order valence-corrected chi connectivity index (χ3v) is 4.50. The van der Waals surface area contributed by atoms with Gasteiger partial charge in [0, 0.05) is 21.4 Å². The number of nitro groups is 1. The first kappa shape index (κ1) is 12.2. The lowest BCUT2D eigenvalue weighted by molar-refractivity contribution is -0.384. The van der Waals surface area contributed by atoms with Crippen LogP contribution in [0.15, 0.2) is 18.2 Å². The second kappa shape index (κ2) is 4.65. The van der Waals surface area contributed by atoms with Gasteiger partial charge in [0.1, 0.15) is 0 Å². The highest BCUT2D eigenvalue weighted by molar-refractivity contribution is 14.1. The van der Waals surface area contributed by atoms with Crippen molar-refractivity contribution in [3.8, 4) is 0 Å². The largest absolute Gasteiger partial charge is 0.379 e. The molecular weight excluding hydrogens is 347 g/mol. The number of nitro benzene ring substituents is 1. The lowest BCUT2D eigenvalue weighted by atomic mass is 9.95. The maximum atomic E-state index is 10.7. The molecule has 2 saturated heterocycles. The molecule has 6 heteroatoms. The van der Waals surface area contributed by atoms with E-state index in [1.807, 2.05) is 0 Å². The summed E-state index contributed by atoms with van der Waals surface area (Å²) in [7, 11) is 0. The molecule has 0 aliphatic carbocycles. The van der Waals surface area contributed by atoms with Crippen LogP contribution in [0.3, 0.4) is 0 Å². The third kappa shape index (κ3) is 2.18. The van der Waals surface area contributed by atoms with Gasteiger partial charge in [0.05, 0.1) is 23.2 Å². The van der Waals surface area contributed by atoms with E-state index >= 15 is 0 Å². The average molecular weight is 360 g/mol. The summed E-state index contributed by atoms with van der Waals surface area (Å²) in [4.78, 5) is 10.3. The van der Waals surface area contributed by atoms with Gasteiger partial charge in [0.15, 0.2) is 0 Å². The molecule has 0 radical (unpaired) electrons. The Morgan fingerprint density at radius 3 is 2.83 bits per heavy atom. The van der Waals surface area contributed by atoms with Crippen LogP contribution in [-0.2, 0) is 4.74 Å². The number of hydrogen-bond acceptors (Lipinski definition) is 4. The van der Waals surface area contributed by atoms with Crippen LogP contribution in [0.25, 0.3) is 0 Å². The first-order valence-electron chi connectivity index (χ1n) is 5.99. The van der Waals surface area contributed by atoms with Crippen molar-refractivity contribution < 1.29 is 9.66 Å². The normalized spacial score (nSPS) is 29.5. The van der Waals surface area contributed by atoms with Crippen LogP contribution >= 0.6 is 22.6 Å². The number of halogens is 1. The molecule has 0 aromatic heterocycles. The predicted molar refractivity (Wildman–Crippen MR) is 75.7 cm³/mol. The highest BCUT2D eigenvalue weighted by Gasteiger charge is 2.40. The van der Waals surface area contributed by atoms with Gasteiger partial charge >= 0.3 is 0 Å². The Balaban J connectivity index is 1.75. The van der Waals surface area contributed by atoms with Gasteiger partial charge in [-0.25, -0.2) is 0 Å². The summed E-state index contributed by atoms with van der Waals surface area (Å²) in [6, 6.07) is 5.26. The summed E-state index contributed by atoms with van der Waals surface area (Å²) in [5.41, 5.74) is 1.09. The molecule has 3 atom stereocenters. The van der Waals surface area contributed by atoms with Gasteiger partial charge in [-0.1, -0.05) is 0 Å². The number of hydrogen-bond donors (Lipinski definition) is 1. The van der Waals surface area contributed by atoms with Gasteiger partial charge in [-0.3, -0.25) is 10.1 Å². The van der Waals surface area contributed by atoms with Crippen LogP contribution in [0.2, 0.25) is 0 Å². The summed E-state index contributed by atoms with van der Waals surface area (Å²) in [5, 5.41) is 14.1. The molecule has 0 saturated carbocycles. The molecule has 2 heterocycles. The number of anilines is 1. The molecule has 1 aromatic rings. The smallest absolute Gasteiger partial charge is 0.270 e. The number of rotatable bonds is 3. The fourth-order valence-electron chi connectivity index (χ4n) is 2.72. The van der Waals surface area contributed by atoms with E-state index in [9.17, 15) is 10.1 Å². The minimum absolute atomic E-state index is 0.133. The minimum Gasteiger partial charge on any atom is -0.379 e. The van der Waals surface area contributed by atoms with E-state index in [0.717, 1.165) is 22.1 Å². The van der Waals surface area contributed by atoms with Crippen molar-refractivity contribution in [1.82, 2.24) is 0 Å². The fourth-order valence-corrected chi connectivity index (χ4v) is 3.38. The number of ether oxygens (including phenoxy) is 1. The SMILES string of the molecule is O=[N+]([O-])c1ccc(NC2CC3CCC2O3)c(I)c1. The Labute approximate surface area is 118 Å². The first-order chi connectivity index (χ1) is 8.63. The number of nitrogens with zero attached hydrogens (tertiary/aromatic N) is 1. The van der Waals surface area contributed by atoms with Gasteiger partial charge in [-0.05, 0) is 47.9 Å². The molecule has 3 unspecified atom stereocenters. The highest BCUT2D eigenvalue weighted by Crippen LogP contribution is 2.36. The molecule has 3 rings (SSSR count). The number of non-ortho nitro benzene ring substituents is 1.